The fourth-order valence-corrected chi connectivity index (χ4v) is 2.41. The van der Waals surface area contributed by atoms with E-state index in [1.54, 1.807) is 25.3 Å². The summed E-state index contributed by atoms with van der Waals surface area (Å²) in [4.78, 5) is 11.8. The minimum atomic E-state index is -0.654. The molecule has 0 fully saturated rings. The molecule has 2 aromatic rings. The normalized spacial score (nSPS) is 11.8. The number of aryl methyl sites for hydroxylation is 1. The van der Waals surface area contributed by atoms with Crippen LogP contribution in [0.1, 0.15) is 17.2 Å². The van der Waals surface area contributed by atoms with Gasteiger partial charge in [0.1, 0.15) is 11.8 Å². The van der Waals surface area contributed by atoms with Gasteiger partial charge in [-0.1, -0.05) is 29.8 Å². The van der Waals surface area contributed by atoms with Crippen molar-refractivity contribution in [1.29, 1.82) is 0 Å². The van der Waals surface area contributed by atoms with Crippen molar-refractivity contribution >= 4 is 23.2 Å². The monoisotopic (exact) mass is 304 g/mol. The smallest absolute Gasteiger partial charge is 0.244 e. The van der Waals surface area contributed by atoms with Crippen LogP contribution < -0.4 is 15.8 Å². The molecule has 4 nitrogen and oxygen atoms in total. The zero-order valence-corrected chi connectivity index (χ0v) is 12.6. The van der Waals surface area contributed by atoms with E-state index in [-0.39, 0.29) is 0 Å². The number of benzene rings is 2. The van der Waals surface area contributed by atoms with E-state index in [4.69, 9.17) is 22.1 Å². The van der Waals surface area contributed by atoms with Crippen molar-refractivity contribution in [3.05, 3.63) is 58.6 Å². The van der Waals surface area contributed by atoms with Crippen molar-refractivity contribution in [3.8, 4) is 5.75 Å². The average molecular weight is 305 g/mol. The minimum Gasteiger partial charge on any atom is -0.495 e. The molecule has 0 saturated heterocycles. The van der Waals surface area contributed by atoms with Crippen LogP contribution in [0.15, 0.2) is 42.5 Å². The second kappa shape index (κ2) is 6.50. The Balaban J connectivity index is 2.38. The van der Waals surface area contributed by atoms with Gasteiger partial charge >= 0.3 is 0 Å². The number of para-hydroxylation sites is 2. The van der Waals surface area contributed by atoms with Gasteiger partial charge in [0, 0.05) is 5.02 Å². The number of carbonyl (C=O) groups excluding carboxylic acids is 1. The first-order chi connectivity index (χ1) is 10.0. The van der Waals surface area contributed by atoms with Gasteiger partial charge in [-0.2, -0.15) is 0 Å². The molecule has 5 heteroatoms. The molecule has 2 rings (SSSR count). The van der Waals surface area contributed by atoms with Crippen molar-refractivity contribution in [1.82, 2.24) is 0 Å². The third kappa shape index (κ3) is 3.47. The zero-order chi connectivity index (χ0) is 15.4. The van der Waals surface area contributed by atoms with Gasteiger partial charge in [-0.25, -0.2) is 0 Å². The van der Waals surface area contributed by atoms with E-state index in [0.717, 1.165) is 11.1 Å². The number of rotatable bonds is 5. The van der Waals surface area contributed by atoms with Crippen LogP contribution in [0.3, 0.4) is 0 Å². The summed E-state index contributed by atoms with van der Waals surface area (Å²) in [5.74, 6) is 0.182. The van der Waals surface area contributed by atoms with Crippen molar-refractivity contribution in [3.63, 3.8) is 0 Å². The first kappa shape index (κ1) is 15.2. The number of primary amides is 1. The highest BCUT2D eigenvalue weighted by molar-refractivity contribution is 6.30. The Bertz CT molecular complexity index is 658. The van der Waals surface area contributed by atoms with Crippen LogP contribution in [-0.4, -0.2) is 13.0 Å². The van der Waals surface area contributed by atoms with E-state index in [0.29, 0.717) is 16.5 Å². The number of hydrogen-bond acceptors (Lipinski definition) is 3. The number of halogens is 1. The molecule has 110 valence electrons. The van der Waals surface area contributed by atoms with Crippen molar-refractivity contribution in [2.75, 3.05) is 12.4 Å². The number of anilines is 1. The fraction of sp³-hybridized carbons (Fsp3) is 0.188. The number of amides is 1. The number of methoxy groups -OCH3 is 1. The van der Waals surface area contributed by atoms with E-state index in [1.807, 2.05) is 31.2 Å². The number of ether oxygens (including phenoxy) is 1. The number of hydrogen-bond donors (Lipinski definition) is 2. The maximum Gasteiger partial charge on any atom is 0.244 e. The molecule has 1 amide bonds. The van der Waals surface area contributed by atoms with Crippen molar-refractivity contribution in [2.24, 2.45) is 5.73 Å². The largest absolute Gasteiger partial charge is 0.495 e. The molecule has 3 N–H and O–H groups in total. The maximum absolute atomic E-state index is 11.8. The molecule has 0 spiro atoms. The molecular weight excluding hydrogens is 288 g/mol. The van der Waals surface area contributed by atoms with Gasteiger partial charge in [0.15, 0.2) is 0 Å². The van der Waals surface area contributed by atoms with Gasteiger partial charge in [-0.15, -0.1) is 0 Å². The van der Waals surface area contributed by atoms with Crippen LogP contribution in [0, 0.1) is 6.92 Å². The van der Waals surface area contributed by atoms with E-state index in [2.05, 4.69) is 5.32 Å². The lowest BCUT2D eigenvalue weighted by molar-refractivity contribution is -0.118. The topological polar surface area (TPSA) is 64.3 Å². The summed E-state index contributed by atoms with van der Waals surface area (Å²) in [5, 5.41) is 3.75. The molecule has 0 saturated carbocycles. The van der Waals surface area contributed by atoms with Crippen molar-refractivity contribution in [2.45, 2.75) is 13.0 Å². The van der Waals surface area contributed by atoms with E-state index in [9.17, 15) is 4.79 Å². The summed E-state index contributed by atoms with van der Waals surface area (Å²) < 4.78 is 5.28. The van der Waals surface area contributed by atoms with E-state index >= 15 is 0 Å². The Kier molecular flexibility index (Phi) is 4.70. The second-order valence-electron chi connectivity index (χ2n) is 4.68. The molecule has 1 atom stereocenters. The van der Waals surface area contributed by atoms with E-state index in [1.165, 1.54) is 0 Å². The fourth-order valence-electron chi connectivity index (χ4n) is 2.18. The van der Waals surface area contributed by atoms with Gasteiger partial charge < -0.3 is 15.8 Å². The minimum absolute atomic E-state index is 0.466. The SMILES string of the molecule is COc1ccccc1NC(C(N)=O)c1ccc(Cl)cc1C. The molecule has 2 aromatic carbocycles. The highest BCUT2D eigenvalue weighted by atomic mass is 35.5. The van der Waals surface area contributed by atoms with Crippen LogP contribution >= 0.6 is 11.6 Å². The first-order valence-corrected chi connectivity index (χ1v) is 6.85. The van der Waals surface area contributed by atoms with Crippen molar-refractivity contribution < 1.29 is 9.53 Å². The predicted molar refractivity (Wildman–Crippen MR) is 84.7 cm³/mol. The van der Waals surface area contributed by atoms with E-state index < -0.39 is 11.9 Å². The average Bonchev–Trinajstić information content (AvgIpc) is 2.45. The summed E-state index contributed by atoms with van der Waals surface area (Å²) in [6.45, 7) is 1.89. The molecule has 0 bridgehead atoms. The summed E-state index contributed by atoms with van der Waals surface area (Å²) in [6, 6.07) is 12.1. The molecule has 0 aliphatic rings. The Labute approximate surface area is 128 Å². The molecule has 0 aliphatic carbocycles. The lowest BCUT2D eigenvalue weighted by Crippen LogP contribution is -2.28. The van der Waals surface area contributed by atoms with Gasteiger partial charge in [0.25, 0.3) is 0 Å². The summed E-state index contributed by atoms with van der Waals surface area (Å²) >= 11 is 5.95. The lowest BCUT2D eigenvalue weighted by atomic mass is 10.0. The van der Waals surface area contributed by atoms with Crippen LogP contribution in [0.4, 0.5) is 5.69 Å². The maximum atomic E-state index is 11.8. The Morgan fingerprint density at radius 3 is 2.62 bits per heavy atom. The van der Waals surface area contributed by atoms with Gasteiger partial charge in [-0.3, -0.25) is 4.79 Å². The lowest BCUT2D eigenvalue weighted by Gasteiger charge is -2.20. The first-order valence-electron chi connectivity index (χ1n) is 6.48. The number of nitrogens with two attached hydrogens (primary N) is 1. The molecule has 0 aromatic heterocycles. The summed E-state index contributed by atoms with van der Waals surface area (Å²) in [5.41, 5.74) is 7.93. The van der Waals surface area contributed by atoms with Crippen LogP contribution in [-0.2, 0) is 4.79 Å². The molecule has 0 aliphatic heterocycles. The summed E-state index contributed by atoms with van der Waals surface area (Å²) in [6.07, 6.45) is 0. The Hall–Kier alpha value is -2.20. The molecule has 1 unspecified atom stereocenters. The standard InChI is InChI=1S/C16H17ClN2O2/c1-10-9-11(17)7-8-12(10)15(16(18)20)19-13-5-3-4-6-14(13)21-2/h3-9,15,19H,1-2H3,(H2,18,20). The molecule has 0 radical (unpaired) electrons. The molecule has 0 heterocycles. The molecular formula is C16H17ClN2O2. The highest BCUT2D eigenvalue weighted by Gasteiger charge is 2.21. The summed E-state index contributed by atoms with van der Waals surface area (Å²) in [7, 11) is 1.58. The van der Waals surface area contributed by atoms with Gasteiger partial charge in [0.2, 0.25) is 5.91 Å². The van der Waals surface area contributed by atoms with Crippen LogP contribution in [0.2, 0.25) is 5.02 Å². The third-order valence-electron chi connectivity index (χ3n) is 3.23. The molecule has 21 heavy (non-hydrogen) atoms. The van der Waals surface area contributed by atoms with Gasteiger partial charge in [-0.05, 0) is 42.3 Å². The predicted octanol–water partition coefficient (Wildman–Crippen LogP) is 3.30. The Morgan fingerprint density at radius 1 is 1.29 bits per heavy atom. The number of carbonyl (C=O) groups is 1. The van der Waals surface area contributed by atoms with Crippen LogP contribution in [0.25, 0.3) is 0 Å². The highest BCUT2D eigenvalue weighted by Crippen LogP contribution is 2.29. The van der Waals surface area contributed by atoms with Crippen LogP contribution in [0.5, 0.6) is 5.75 Å². The zero-order valence-electron chi connectivity index (χ0n) is 11.9. The third-order valence-corrected chi connectivity index (χ3v) is 3.47. The number of nitrogens with one attached hydrogen (secondary N) is 1. The Morgan fingerprint density at radius 2 is 2.00 bits per heavy atom. The van der Waals surface area contributed by atoms with Gasteiger partial charge in [0.05, 0.1) is 12.8 Å². The quantitative estimate of drug-likeness (QED) is 0.891. The second-order valence-corrected chi connectivity index (χ2v) is 5.12.